The molecule has 2 atom stereocenters. The molecule has 0 amide bonds. The van der Waals surface area contributed by atoms with Crippen molar-refractivity contribution < 1.29 is 0 Å². The lowest BCUT2D eigenvalue weighted by atomic mass is 10.2. The van der Waals surface area contributed by atoms with Crippen molar-refractivity contribution in [3.63, 3.8) is 0 Å². The van der Waals surface area contributed by atoms with Gasteiger partial charge in [0.05, 0.1) is 6.17 Å². The van der Waals surface area contributed by atoms with E-state index >= 15 is 0 Å². The summed E-state index contributed by atoms with van der Waals surface area (Å²) in [5, 5.41) is 3.57. The fourth-order valence-corrected chi connectivity index (χ4v) is 2.30. The monoisotopic (exact) mass is 154 g/mol. The highest BCUT2D eigenvalue weighted by molar-refractivity contribution is 4.85. The summed E-state index contributed by atoms with van der Waals surface area (Å²) in [7, 11) is 0. The summed E-state index contributed by atoms with van der Waals surface area (Å²) in [6, 6.07) is 0.776. The van der Waals surface area contributed by atoms with Gasteiger partial charge in [-0.1, -0.05) is 12.8 Å². The van der Waals surface area contributed by atoms with Gasteiger partial charge in [-0.2, -0.15) is 0 Å². The van der Waals surface area contributed by atoms with Gasteiger partial charge < -0.3 is 5.32 Å². The van der Waals surface area contributed by atoms with E-state index in [2.05, 4.69) is 17.1 Å². The van der Waals surface area contributed by atoms with Gasteiger partial charge in [0.25, 0.3) is 0 Å². The number of nitrogens with one attached hydrogen (secondary N) is 1. The number of hydrogen-bond donors (Lipinski definition) is 1. The summed E-state index contributed by atoms with van der Waals surface area (Å²) in [6.45, 7) is 4.85. The highest BCUT2D eigenvalue weighted by Crippen LogP contribution is 2.20. The fraction of sp³-hybridized carbons (Fsp3) is 1.00. The fourth-order valence-electron chi connectivity index (χ4n) is 2.30. The van der Waals surface area contributed by atoms with Gasteiger partial charge in [0.2, 0.25) is 0 Å². The Kier molecular flexibility index (Phi) is 2.14. The molecule has 0 radical (unpaired) electrons. The molecule has 0 bridgehead atoms. The van der Waals surface area contributed by atoms with E-state index in [1.165, 1.54) is 38.8 Å². The van der Waals surface area contributed by atoms with Crippen LogP contribution in [0.15, 0.2) is 0 Å². The number of nitrogens with zero attached hydrogens (tertiary/aromatic N) is 1. The summed E-state index contributed by atoms with van der Waals surface area (Å²) in [5.74, 6) is 0. The summed E-state index contributed by atoms with van der Waals surface area (Å²) >= 11 is 0. The first-order valence-electron chi connectivity index (χ1n) is 4.87. The van der Waals surface area contributed by atoms with Crippen LogP contribution in [0.25, 0.3) is 0 Å². The molecule has 64 valence electrons. The first kappa shape index (κ1) is 7.56. The molecule has 0 aromatic carbocycles. The van der Waals surface area contributed by atoms with Crippen LogP contribution in [0.1, 0.15) is 32.6 Å². The Hall–Kier alpha value is -0.0800. The smallest absolute Gasteiger partial charge is 0.0600 e. The Morgan fingerprint density at radius 2 is 2.18 bits per heavy atom. The second-order valence-electron chi connectivity index (χ2n) is 3.86. The van der Waals surface area contributed by atoms with Gasteiger partial charge >= 0.3 is 0 Å². The molecule has 2 aliphatic heterocycles. The minimum Gasteiger partial charge on any atom is -0.300 e. The van der Waals surface area contributed by atoms with Crippen molar-refractivity contribution in [2.24, 2.45) is 0 Å². The normalized spacial score (nSPS) is 40.1. The second-order valence-corrected chi connectivity index (χ2v) is 3.86. The number of rotatable bonds is 0. The Morgan fingerprint density at radius 3 is 3.09 bits per heavy atom. The molecule has 2 saturated heterocycles. The van der Waals surface area contributed by atoms with Crippen LogP contribution < -0.4 is 5.32 Å². The molecule has 0 aromatic heterocycles. The molecule has 11 heavy (non-hydrogen) atoms. The standard InChI is InChI=1S/C9H18N2/c1-8-7-10-9-5-3-2-4-6-11(8)9/h8-10H,2-7H2,1H3. The molecule has 0 saturated carbocycles. The first-order valence-corrected chi connectivity index (χ1v) is 4.87. The predicted octanol–water partition coefficient (Wildman–Crippen LogP) is 1.18. The SMILES string of the molecule is CC1CNC2CCCCCN12. The Labute approximate surface area is 69.0 Å². The molecule has 2 rings (SSSR count). The number of fused-ring (bicyclic) bond motifs is 1. The molecule has 1 N–H and O–H groups in total. The molecule has 0 aromatic rings. The maximum atomic E-state index is 3.57. The zero-order valence-electron chi connectivity index (χ0n) is 7.34. The third kappa shape index (κ3) is 1.42. The zero-order chi connectivity index (χ0) is 7.68. The van der Waals surface area contributed by atoms with E-state index in [0.29, 0.717) is 6.17 Å². The lowest BCUT2D eigenvalue weighted by Crippen LogP contribution is -2.37. The molecular formula is C9H18N2. The molecule has 0 aliphatic carbocycles. The lowest BCUT2D eigenvalue weighted by molar-refractivity contribution is 0.202. The predicted molar refractivity (Wildman–Crippen MR) is 46.4 cm³/mol. The van der Waals surface area contributed by atoms with Crippen molar-refractivity contribution in [3.05, 3.63) is 0 Å². The van der Waals surface area contributed by atoms with Crippen molar-refractivity contribution >= 4 is 0 Å². The lowest BCUT2D eigenvalue weighted by Gasteiger charge is -2.24. The van der Waals surface area contributed by atoms with Gasteiger partial charge in [-0.25, -0.2) is 0 Å². The third-order valence-corrected chi connectivity index (χ3v) is 3.01. The average molecular weight is 154 g/mol. The largest absolute Gasteiger partial charge is 0.300 e. The summed E-state index contributed by atoms with van der Waals surface area (Å²) in [4.78, 5) is 2.63. The van der Waals surface area contributed by atoms with Gasteiger partial charge in [-0.05, 0) is 26.3 Å². The Morgan fingerprint density at radius 1 is 1.27 bits per heavy atom. The van der Waals surface area contributed by atoms with Crippen molar-refractivity contribution in [1.29, 1.82) is 0 Å². The van der Waals surface area contributed by atoms with Crippen LogP contribution >= 0.6 is 0 Å². The molecular weight excluding hydrogens is 136 g/mol. The van der Waals surface area contributed by atoms with Crippen LogP contribution in [0.4, 0.5) is 0 Å². The number of hydrogen-bond acceptors (Lipinski definition) is 2. The third-order valence-electron chi connectivity index (χ3n) is 3.01. The highest BCUT2D eigenvalue weighted by Gasteiger charge is 2.30. The van der Waals surface area contributed by atoms with E-state index in [-0.39, 0.29) is 0 Å². The van der Waals surface area contributed by atoms with Gasteiger partial charge in [0.15, 0.2) is 0 Å². The Balaban J connectivity index is 2.00. The van der Waals surface area contributed by atoms with E-state index in [4.69, 9.17) is 0 Å². The van der Waals surface area contributed by atoms with Gasteiger partial charge in [-0.15, -0.1) is 0 Å². The Bertz CT molecular complexity index is 136. The van der Waals surface area contributed by atoms with Gasteiger partial charge in [0, 0.05) is 12.6 Å². The van der Waals surface area contributed by atoms with Crippen molar-refractivity contribution in [2.45, 2.75) is 44.8 Å². The van der Waals surface area contributed by atoms with E-state index in [9.17, 15) is 0 Å². The molecule has 2 heteroatoms. The molecule has 2 unspecified atom stereocenters. The van der Waals surface area contributed by atoms with E-state index in [1.807, 2.05) is 0 Å². The van der Waals surface area contributed by atoms with Crippen LogP contribution in [0.3, 0.4) is 0 Å². The van der Waals surface area contributed by atoms with Crippen LogP contribution in [-0.4, -0.2) is 30.2 Å². The van der Waals surface area contributed by atoms with Crippen molar-refractivity contribution in [2.75, 3.05) is 13.1 Å². The second kappa shape index (κ2) is 3.11. The molecule has 0 spiro atoms. The summed E-state index contributed by atoms with van der Waals surface area (Å²) in [6.07, 6.45) is 6.34. The highest BCUT2D eigenvalue weighted by atomic mass is 15.3. The van der Waals surface area contributed by atoms with Crippen LogP contribution in [0.5, 0.6) is 0 Å². The summed E-state index contributed by atoms with van der Waals surface area (Å²) in [5.41, 5.74) is 0. The average Bonchev–Trinajstić information content (AvgIpc) is 2.25. The first-order chi connectivity index (χ1) is 5.38. The van der Waals surface area contributed by atoms with Gasteiger partial charge in [0.1, 0.15) is 0 Å². The van der Waals surface area contributed by atoms with Crippen LogP contribution in [-0.2, 0) is 0 Å². The zero-order valence-corrected chi connectivity index (χ0v) is 7.34. The molecule has 2 aliphatic rings. The quantitative estimate of drug-likeness (QED) is 0.563. The topological polar surface area (TPSA) is 15.3 Å². The van der Waals surface area contributed by atoms with E-state index in [1.54, 1.807) is 0 Å². The van der Waals surface area contributed by atoms with E-state index in [0.717, 1.165) is 6.04 Å². The van der Waals surface area contributed by atoms with Crippen molar-refractivity contribution in [3.8, 4) is 0 Å². The van der Waals surface area contributed by atoms with Crippen molar-refractivity contribution in [1.82, 2.24) is 10.2 Å². The van der Waals surface area contributed by atoms with E-state index < -0.39 is 0 Å². The summed E-state index contributed by atoms with van der Waals surface area (Å²) < 4.78 is 0. The molecule has 2 heterocycles. The maximum absolute atomic E-state index is 3.57. The van der Waals surface area contributed by atoms with Gasteiger partial charge in [-0.3, -0.25) is 4.90 Å². The van der Waals surface area contributed by atoms with Crippen LogP contribution in [0, 0.1) is 0 Å². The minimum absolute atomic E-state index is 0.715. The minimum atomic E-state index is 0.715. The maximum Gasteiger partial charge on any atom is 0.0600 e. The molecule has 2 fully saturated rings. The van der Waals surface area contributed by atoms with Crippen LogP contribution in [0.2, 0.25) is 0 Å². The molecule has 2 nitrogen and oxygen atoms in total.